The molecule has 0 spiro atoms. The molecule has 0 saturated heterocycles. The average molecular weight is 185 g/mol. The van der Waals surface area contributed by atoms with Crippen LogP contribution in [0.15, 0.2) is 18.3 Å². The first kappa shape index (κ1) is 9.49. The third-order valence-electron chi connectivity index (χ3n) is 1.67. The van der Waals surface area contributed by atoms with Gasteiger partial charge in [-0.2, -0.15) is 0 Å². The molecule has 0 saturated carbocycles. The summed E-state index contributed by atoms with van der Waals surface area (Å²) in [5, 5.41) is 0.757. The number of aromatic nitrogens is 1. The van der Waals surface area contributed by atoms with Crippen LogP contribution in [0.1, 0.15) is 18.5 Å². The van der Waals surface area contributed by atoms with Crippen LogP contribution in [0.2, 0.25) is 5.02 Å². The molecular formula is C9H13ClN2. The van der Waals surface area contributed by atoms with Gasteiger partial charge in [-0.05, 0) is 37.9 Å². The Balaban J connectivity index is 2.41. The lowest BCUT2D eigenvalue weighted by molar-refractivity contribution is 0.732. The van der Waals surface area contributed by atoms with Gasteiger partial charge in [0.15, 0.2) is 0 Å². The Bertz CT molecular complexity index is 238. The summed E-state index contributed by atoms with van der Waals surface area (Å²) in [6.07, 6.45) is 4.84. The molecule has 0 fully saturated rings. The Morgan fingerprint density at radius 2 is 2.25 bits per heavy atom. The van der Waals surface area contributed by atoms with E-state index in [1.807, 2.05) is 6.07 Å². The summed E-state index contributed by atoms with van der Waals surface area (Å²) in [6, 6.07) is 3.69. The fraction of sp³-hybridized carbons (Fsp3) is 0.444. The zero-order valence-electron chi connectivity index (χ0n) is 6.96. The zero-order valence-corrected chi connectivity index (χ0v) is 7.72. The van der Waals surface area contributed by atoms with E-state index >= 15 is 0 Å². The molecule has 0 aliphatic rings. The number of pyridine rings is 1. The molecule has 0 atom stereocenters. The lowest BCUT2D eigenvalue weighted by Crippen LogP contribution is -1.99. The Kier molecular flexibility index (Phi) is 4.05. The highest BCUT2D eigenvalue weighted by Gasteiger charge is 1.94. The number of hydrogen-bond acceptors (Lipinski definition) is 2. The minimum atomic E-state index is 0.751. The van der Waals surface area contributed by atoms with Gasteiger partial charge in [-0.15, -0.1) is 0 Å². The first-order valence-electron chi connectivity index (χ1n) is 4.13. The van der Waals surface area contributed by atoms with Crippen LogP contribution in [0.5, 0.6) is 0 Å². The minimum Gasteiger partial charge on any atom is -0.330 e. The molecule has 0 aliphatic heterocycles. The molecule has 1 aromatic rings. The molecular weight excluding hydrogens is 172 g/mol. The van der Waals surface area contributed by atoms with E-state index < -0.39 is 0 Å². The second-order valence-electron chi connectivity index (χ2n) is 2.71. The van der Waals surface area contributed by atoms with E-state index in [1.54, 1.807) is 12.3 Å². The number of nitrogens with zero attached hydrogens (tertiary/aromatic N) is 1. The number of halogens is 1. The van der Waals surface area contributed by atoms with Crippen LogP contribution in [0.3, 0.4) is 0 Å². The summed E-state index contributed by atoms with van der Waals surface area (Å²) >= 11 is 5.79. The molecule has 66 valence electrons. The Morgan fingerprint density at radius 3 is 2.92 bits per heavy atom. The lowest BCUT2D eigenvalue weighted by Gasteiger charge is -1.99. The van der Waals surface area contributed by atoms with Crippen LogP contribution in [0.4, 0.5) is 0 Å². The molecule has 0 unspecified atom stereocenters. The number of hydrogen-bond donors (Lipinski definition) is 1. The van der Waals surface area contributed by atoms with E-state index in [-0.39, 0.29) is 0 Å². The maximum atomic E-state index is 5.79. The fourth-order valence-corrected chi connectivity index (χ4v) is 1.22. The monoisotopic (exact) mass is 184 g/mol. The van der Waals surface area contributed by atoms with Gasteiger partial charge in [0.05, 0.1) is 0 Å². The Morgan fingerprint density at radius 1 is 1.42 bits per heavy atom. The number of unbranched alkanes of at least 4 members (excludes halogenated alkanes) is 1. The second-order valence-corrected chi connectivity index (χ2v) is 3.15. The lowest BCUT2D eigenvalue weighted by atomic mass is 10.2. The van der Waals surface area contributed by atoms with Crippen LogP contribution >= 0.6 is 11.6 Å². The SMILES string of the molecule is NCCCCc1cc(Cl)ccn1. The van der Waals surface area contributed by atoms with E-state index in [0.29, 0.717) is 0 Å². The van der Waals surface area contributed by atoms with Gasteiger partial charge in [0.1, 0.15) is 0 Å². The normalized spacial score (nSPS) is 10.2. The van der Waals surface area contributed by atoms with Gasteiger partial charge < -0.3 is 5.73 Å². The molecule has 0 bridgehead atoms. The first-order valence-corrected chi connectivity index (χ1v) is 4.51. The summed E-state index contributed by atoms with van der Waals surface area (Å²) in [4.78, 5) is 4.19. The molecule has 0 aliphatic carbocycles. The van der Waals surface area contributed by atoms with Gasteiger partial charge in [0, 0.05) is 16.9 Å². The smallest absolute Gasteiger partial charge is 0.0439 e. The van der Waals surface area contributed by atoms with Gasteiger partial charge in [-0.3, -0.25) is 4.98 Å². The van der Waals surface area contributed by atoms with E-state index in [4.69, 9.17) is 17.3 Å². The molecule has 0 radical (unpaired) electrons. The van der Waals surface area contributed by atoms with E-state index in [9.17, 15) is 0 Å². The van der Waals surface area contributed by atoms with Crippen molar-refractivity contribution in [3.63, 3.8) is 0 Å². The highest BCUT2D eigenvalue weighted by molar-refractivity contribution is 6.30. The second kappa shape index (κ2) is 5.12. The maximum absolute atomic E-state index is 5.79. The molecule has 1 aromatic heterocycles. The van der Waals surface area contributed by atoms with Crippen LogP contribution in [0.25, 0.3) is 0 Å². The largest absolute Gasteiger partial charge is 0.330 e. The third kappa shape index (κ3) is 3.20. The van der Waals surface area contributed by atoms with Crippen molar-refractivity contribution >= 4 is 11.6 Å². The van der Waals surface area contributed by atoms with Crippen LogP contribution < -0.4 is 5.73 Å². The fourth-order valence-electron chi connectivity index (χ4n) is 1.04. The van der Waals surface area contributed by atoms with Gasteiger partial charge in [0.2, 0.25) is 0 Å². The maximum Gasteiger partial charge on any atom is 0.0439 e. The van der Waals surface area contributed by atoms with Crippen molar-refractivity contribution in [2.75, 3.05) is 6.54 Å². The van der Waals surface area contributed by atoms with E-state index in [0.717, 1.165) is 36.5 Å². The number of aryl methyl sites for hydroxylation is 1. The molecule has 12 heavy (non-hydrogen) atoms. The standard InChI is InChI=1S/C9H13ClN2/c10-8-4-6-12-9(7-8)3-1-2-5-11/h4,6-7H,1-3,5,11H2. The molecule has 3 heteroatoms. The van der Waals surface area contributed by atoms with Gasteiger partial charge in [-0.1, -0.05) is 11.6 Å². The molecule has 2 nitrogen and oxygen atoms in total. The highest BCUT2D eigenvalue weighted by atomic mass is 35.5. The summed E-state index contributed by atoms with van der Waals surface area (Å²) < 4.78 is 0. The first-order chi connectivity index (χ1) is 5.83. The van der Waals surface area contributed by atoms with Crippen molar-refractivity contribution in [3.05, 3.63) is 29.0 Å². The van der Waals surface area contributed by atoms with Crippen molar-refractivity contribution in [1.29, 1.82) is 0 Å². The summed E-state index contributed by atoms with van der Waals surface area (Å²) in [5.74, 6) is 0. The van der Waals surface area contributed by atoms with Crippen molar-refractivity contribution < 1.29 is 0 Å². The molecule has 0 aromatic carbocycles. The summed E-state index contributed by atoms with van der Waals surface area (Å²) in [6.45, 7) is 0.751. The zero-order chi connectivity index (χ0) is 8.81. The van der Waals surface area contributed by atoms with Crippen molar-refractivity contribution in [2.45, 2.75) is 19.3 Å². The molecule has 1 heterocycles. The predicted molar refractivity (Wildman–Crippen MR) is 51.2 cm³/mol. The van der Waals surface area contributed by atoms with Crippen LogP contribution in [-0.4, -0.2) is 11.5 Å². The Hall–Kier alpha value is -0.600. The third-order valence-corrected chi connectivity index (χ3v) is 1.90. The van der Waals surface area contributed by atoms with Gasteiger partial charge in [0.25, 0.3) is 0 Å². The van der Waals surface area contributed by atoms with Crippen LogP contribution in [-0.2, 0) is 6.42 Å². The highest BCUT2D eigenvalue weighted by Crippen LogP contribution is 2.09. The molecule has 1 rings (SSSR count). The predicted octanol–water partition coefficient (Wildman–Crippen LogP) is 2.02. The topological polar surface area (TPSA) is 38.9 Å². The van der Waals surface area contributed by atoms with Gasteiger partial charge >= 0.3 is 0 Å². The average Bonchev–Trinajstić information content (AvgIpc) is 2.05. The molecule has 0 amide bonds. The quantitative estimate of drug-likeness (QED) is 0.728. The number of rotatable bonds is 4. The van der Waals surface area contributed by atoms with Crippen LogP contribution in [0, 0.1) is 0 Å². The number of nitrogens with two attached hydrogens (primary N) is 1. The van der Waals surface area contributed by atoms with Crippen molar-refractivity contribution in [3.8, 4) is 0 Å². The summed E-state index contributed by atoms with van der Waals surface area (Å²) in [7, 11) is 0. The Labute approximate surface area is 77.8 Å². The van der Waals surface area contributed by atoms with Crippen molar-refractivity contribution in [2.24, 2.45) is 5.73 Å². The van der Waals surface area contributed by atoms with Gasteiger partial charge in [-0.25, -0.2) is 0 Å². The minimum absolute atomic E-state index is 0.751. The van der Waals surface area contributed by atoms with E-state index in [2.05, 4.69) is 4.98 Å². The molecule has 2 N–H and O–H groups in total. The summed E-state index contributed by atoms with van der Waals surface area (Å²) in [5.41, 5.74) is 6.43. The van der Waals surface area contributed by atoms with Crippen molar-refractivity contribution in [1.82, 2.24) is 4.98 Å². The van der Waals surface area contributed by atoms with E-state index in [1.165, 1.54) is 0 Å².